The monoisotopic (exact) mass is 393 g/mol. The largest absolute Gasteiger partial charge is 0.426 e. The topological polar surface area (TPSA) is 54.5 Å². The van der Waals surface area contributed by atoms with Crippen molar-refractivity contribution in [1.29, 1.82) is 0 Å². The number of thiazole rings is 1. The highest BCUT2D eigenvalue weighted by molar-refractivity contribution is 7.18. The molecule has 0 radical (unpaired) electrons. The maximum absolute atomic E-state index is 12.7. The van der Waals surface area contributed by atoms with Crippen molar-refractivity contribution in [2.24, 2.45) is 0 Å². The number of nitrogens with zero attached hydrogens (tertiary/aromatic N) is 2. The Balaban J connectivity index is 1.42. The number of para-hydroxylation sites is 1. The first kappa shape index (κ1) is 17.6. The van der Waals surface area contributed by atoms with Crippen molar-refractivity contribution in [3.63, 3.8) is 0 Å². The molecule has 1 unspecified atom stereocenters. The smallest absolute Gasteiger partial charge is 0.321 e. The highest BCUT2D eigenvalue weighted by Crippen LogP contribution is 2.38. The van der Waals surface area contributed by atoms with Gasteiger partial charge in [0.25, 0.3) is 0 Å². The molecule has 3 aromatic rings. The summed E-state index contributed by atoms with van der Waals surface area (Å²) in [6, 6.07) is 15.1. The first-order valence-electron chi connectivity index (χ1n) is 9.78. The Morgan fingerprint density at radius 1 is 1.14 bits per heavy atom. The van der Waals surface area contributed by atoms with E-state index in [1.54, 1.807) is 11.3 Å². The molecule has 5 nitrogen and oxygen atoms in total. The minimum atomic E-state index is -0.324. The van der Waals surface area contributed by atoms with Crippen molar-refractivity contribution < 1.29 is 9.53 Å². The Bertz CT molecular complexity index is 1000. The molecule has 0 spiro atoms. The van der Waals surface area contributed by atoms with E-state index in [1.807, 2.05) is 30.3 Å². The molecule has 1 fully saturated rings. The lowest BCUT2D eigenvalue weighted by Crippen LogP contribution is -2.54. The molecule has 0 bridgehead atoms. The second kappa shape index (κ2) is 6.87. The van der Waals surface area contributed by atoms with Gasteiger partial charge in [-0.05, 0) is 44.0 Å². The van der Waals surface area contributed by atoms with E-state index in [2.05, 4.69) is 41.2 Å². The molecule has 0 amide bonds. The summed E-state index contributed by atoms with van der Waals surface area (Å²) >= 11 is 1.58. The van der Waals surface area contributed by atoms with Gasteiger partial charge in [-0.1, -0.05) is 18.2 Å². The number of hydrogen-bond donors (Lipinski definition) is 1. The van der Waals surface area contributed by atoms with Crippen LogP contribution in [0.1, 0.15) is 30.3 Å². The van der Waals surface area contributed by atoms with Gasteiger partial charge >= 0.3 is 5.97 Å². The van der Waals surface area contributed by atoms with Crippen LogP contribution in [-0.2, 0) is 11.2 Å². The van der Waals surface area contributed by atoms with E-state index in [1.165, 1.54) is 0 Å². The van der Waals surface area contributed by atoms with Gasteiger partial charge in [0.2, 0.25) is 0 Å². The lowest BCUT2D eigenvalue weighted by Gasteiger charge is -2.38. The minimum Gasteiger partial charge on any atom is -0.426 e. The summed E-state index contributed by atoms with van der Waals surface area (Å²) in [4.78, 5) is 19.8. The van der Waals surface area contributed by atoms with E-state index in [9.17, 15) is 4.79 Å². The summed E-state index contributed by atoms with van der Waals surface area (Å²) in [5.41, 5.74) is 3.13. The van der Waals surface area contributed by atoms with Crippen molar-refractivity contribution in [3.05, 3.63) is 53.0 Å². The van der Waals surface area contributed by atoms with Crippen LogP contribution in [0.15, 0.2) is 42.5 Å². The van der Waals surface area contributed by atoms with Gasteiger partial charge in [0.1, 0.15) is 16.7 Å². The Labute approximate surface area is 168 Å². The first-order chi connectivity index (χ1) is 13.6. The van der Waals surface area contributed by atoms with Crippen LogP contribution in [0.2, 0.25) is 0 Å². The molecule has 0 saturated carbocycles. The minimum absolute atomic E-state index is 0.203. The van der Waals surface area contributed by atoms with E-state index in [-0.39, 0.29) is 11.9 Å². The van der Waals surface area contributed by atoms with E-state index in [0.717, 1.165) is 39.6 Å². The van der Waals surface area contributed by atoms with Crippen molar-refractivity contribution in [1.82, 2.24) is 10.3 Å². The van der Waals surface area contributed by atoms with Crippen molar-refractivity contribution in [2.45, 2.75) is 38.3 Å². The third-order valence-electron chi connectivity index (χ3n) is 5.50. The number of rotatable bonds is 2. The summed E-state index contributed by atoms with van der Waals surface area (Å²) in [5.74, 6) is 0.166. The van der Waals surface area contributed by atoms with Crippen molar-refractivity contribution in [2.75, 3.05) is 18.0 Å². The summed E-state index contributed by atoms with van der Waals surface area (Å²) in [6.07, 6.45) is 0.641. The zero-order valence-corrected chi connectivity index (χ0v) is 16.8. The van der Waals surface area contributed by atoms with Gasteiger partial charge in [-0.15, -0.1) is 11.3 Å². The van der Waals surface area contributed by atoms with E-state index in [0.29, 0.717) is 24.3 Å². The molecule has 5 rings (SSSR count). The van der Waals surface area contributed by atoms with Gasteiger partial charge in [0.05, 0.1) is 10.2 Å². The average Bonchev–Trinajstić information content (AvgIpc) is 3.10. The van der Waals surface area contributed by atoms with Gasteiger partial charge in [-0.3, -0.25) is 4.79 Å². The van der Waals surface area contributed by atoms with Gasteiger partial charge in [0, 0.05) is 36.9 Å². The fourth-order valence-corrected chi connectivity index (χ4v) is 5.31. The molecular weight excluding hydrogens is 370 g/mol. The standard InChI is InChI=1S/C22H23N3O2S/c1-13-11-25(12-14(2)23-13)16-8-7-15-9-17(22(26)27-19(15)10-16)21-24-18-5-3-4-6-20(18)28-21/h3-8,10,13-14,17,23H,9,11-12H2,1-2H3/t13-,14+,17?. The van der Waals surface area contributed by atoms with Crippen LogP contribution in [0.25, 0.3) is 10.2 Å². The summed E-state index contributed by atoms with van der Waals surface area (Å²) in [6.45, 7) is 6.30. The number of carbonyl (C=O) groups is 1. The molecule has 0 aliphatic carbocycles. The number of ether oxygens (including phenoxy) is 1. The number of anilines is 1. The fourth-order valence-electron chi connectivity index (χ4n) is 4.25. The molecule has 1 N–H and O–H groups in total. The van der Waals surface area contributed by atoms with Crippen LogP contribution >= 0.6 is 11.3 Å². The average molecular weight is 394 g/mol. The number of nitrogens with one attached hydrogen (secondary N) is 1. The normalized spacial score (nSPS) is 24.9. The van der Waals surface area contributed by atoms with E-state index < -0.39 is 0 Å². The highest BCUT2D eigenvalue weighted by Gasteiger charge is 2.33. The fraction of sp³-hybridized carbons (Fsp3) is 0.364. The van der Waals surface area contributed by atoms with E-state index in [4.69, 9.17) is 4.74 Å². The molecular formula is C22H23N3O2S. The second-order valence-electron chi connectivity index (χ2n) is 7.86. The van der Waals surface area contributed by atoms with Crippen LogP contribution in [0.3, 0.4) is 0 Å². The highest BCUT2D eigenvalue weighted by atomic mass is 32.1. The van der Waals surface area contributed by atoms with Gasteiger partial charge < -0.3 is 15.0 Å². The molecule has 2 aliphatic heterocycles. The Hall–Kier alpha value is -2.44. The van der Waals surface area contributed by atoms with Crippen LogP contribution in [0, 0.1) is 0 Å². The van der Waals surface area contributed by atoms with Crippen LogP contribution in [-0.4, -0.2) is 36.1 Å². The Morgan fingerprint density at radius 3 is 2.71 bits per heavy atom. The molecule has 28 heavy (non-hydrogen) atoms. The lowest BCUT2D eigenvalue weighted by atomic mass is 9.96. The number of fused-ring (bicyclic) bond motifs is 2. The molecule has 1 aromatic heterocycles. The van der Waals surface area contributed by atoms with Crippen LogP contribution in [0.5, 0.6) is 5.75 Å². The lowest BCUT2D eigenvalue weighted by molar-refractivity contribution is -0.137. The zero-order chi connectivity index (χ0) is 19.3. The summed E-state index contributed by atoms with van der Waals surface area (Å²) in [7, 11) is 0. The predicted molar refractivity (Wildman–Crippen MR) is 112 cm³/mol. The van der Waals surface area contributed by atoms with Crippen molar-refractivity contribution in [3.8, 4) is 5.75 Å². The molecule has 3 heterocycles. The van der Waals surface area contributed by atoms with Crippen LogP contribution in [0.4, 0.5) is 5.69 Å². The van der Waals surface area contributed by atoms with Gasteiger partial charge in [-0.2, -0.15) is 0 Å². The maximum Gasteiger partial charge on any atom is 0.321 e. The quantitative estimate of drug-likeness (QED) is 0.531. The maximum atomic E-state index is 12.7. The third kappa shape index (κ3) is 3.16. The van der Waals surface area contributed by atoms with E-state index >= 15 is 0 Å². The molecule has 3 atom stereocenters. The van der Waals surface area contributed by atoms with Crippen molar-refractivity contribution >= 4 is 33.2 Å². The Kier molecular flexibility index (Phi) is 4.33. The van der Waals surface area contributed by atoms with Crippen LogP contribution < -0.4 is 15.0 Å². The molecule has 2 aromatic carbocycles. The number of aromatic nitrogens is 1. The summed E-state index contributed by atoms with van der Waals surface area (Å²) < 4.78 is 6.87. The number of esters is 1. The third-order valence-corrected chi connectivity index (χ3v) is 6.65. The number of hydrogen-bond acceptors (Lipinski definition) is 6. The Morgan fingerprint density at radius 2 is 1.93 bits per heavy atom. The molecule has 1 saturated heterocycles. The first-order valence-corrected chi connectivity index (χ1v) is 10.6. The molecule has 6 heteroatoms. The summed E-state index contributed by atoms with van der Waals surface area (Å²) in [5, 5.41) is 4.39. The molecule has 144 valence electrons. The number of carbonyl (C=O) groups excluding carboxylic acids is 1. The number of benzene rings is 2. The molecule has 2 aliphatic rings. The van der Waals surface area contributed by atoms with Gasteiger partial charge in [0.15, 0.2) is 0 Å². The number of piperazine rings is 1. The van der Waals surface area contributed by atoms with Gasteiger partial charge in [-0.25, -0.2) is 4.98 Å². The zero-order valence-electron chi connectivity index (χ0n) is 16.0. The SMILES string of the molecule is C[C@@H]1CN(c2ccc3c(c2)OC(=O)C(c2nc4ccccc4s2)C3)C[C@H](C)N1. The second-order valence-corrected chi connectivity index (χ2v) is 8.93. The predicted octanol–water partition coefficient (Wildman–Crippen LogP) is 3.73.